The minimum Gasteiger partial charge on any atom is -0.465 e. The zero-order valence-corrected chi connectivity index (χ0v) is 25.0. The van der Waals surface area contributed by atoms with Crippen molar-refractivity contribution < 1.29 is 31.5 Å². The lowest BCUT2D eigenvalue weighted by atomic mass is 9.84. The first-order chi connectivity index (χ1) is 19.6. The largest absolute Gasteiger partial charge is 0.465 e. The van der Waals surface area contributed by atoms with Crippen molar-refractivity contribution in [2.24, 2.45) is 11.8 Å². The maximum Gasteiger partial charge on any atom is 0.419 e. The number of ether oxygens (including phenoxy) is 1. The van der Waals surface area contributed by atoms with Gasteiger partial charge in [-0.25, -0.2) is 8.78 Å². The van der Waals surface area contributed by atoms with Crippen LogP contribution >= 0.6 is 11.8 Å². The van der Waals surface area contributed by atoms with E-state index >= 15 is 8.78 Å². The molecule has 226 valence electrons. The number of halogens is 5. The molecule has 0 aliphatic heterocycles. The number of rotatable bonds is 14. The zero-order valence-electron chi connectivity index (χ0n) is 24.2. The summed E-state index contributed by atoms with van der Waals surface area (Å²) in [5.74, 6) is -1.68. The molecule has 41 heavy (non-hydrogen) atoms. The van der Waals surface area contributed by atoms with Crippen LogP contribution in [-0.4, -0.2) is 18.3 Å². The average Bonchev–Trinajstić information content (AvgIpc) is 2.94. The van der Waals surface area contributed by atoms with E-state index in [1.807, 2.05) is 6.92 Å². The average molecular weight is 597 g/mol. The molecule has 0 N–H and O–H groups in total. The Hall–Kier alpha value is -2.35. The Balaban J connectivity index is 1.79. The van der Waals surface area contributed by atoms with Gasteiger partial charge in [-0.15, -0.1) is 11.8 Å². The lowest BCUT2D eigenvalue weighted by Gasteiger charge is -2.22. The highest BCUT2D eigenvalue weighted by Crippen LogP contribution is 2.42. The normalized spacial score (nSPS) is 16.4. The summed E-state index contributed by atoms with van der Waals surface area (Å²) in [6.07, 6.45) is 6.16. The molecular weight excluding hydrogens is 555 g/mol. The molecule has 2 aromatic rings. The van der Waals surface area contributed by atoms with E-state index in [0.29, 0.717) is 12.0 Å². The van der Waals surface area contributed by atoms with Gasteiger partial charge in [-0.1, -0.05) is 77.2 Å². The van der Waals surface area contributed by atoms with Crippen LogP contribution in [0.5, 0.6) is 0 Å². The Morgan fingerprint density at radius 2 is 1.83 bits per heavy atom. The lowest BCUT2D eigenvalue weighted by Crippen LogP contribution is -2.14. The Morgan fingerprint density at radius 3 is 2.44 bits per heavy atom. The second-order valence-corrected chi connectivity index (χ2v) is 12.0. The fourth-order valence-corrected chi connectivity index (χ4v) is 6.34. The summed E-state index contributed by atoms with van der Waals surface area (Å²) in [5, 5.41) is 0. The molecule has 0 heterocycles. The topological polar surface area (TPSA) is 26.3 Å². The molecule has 2 nitrogen and oxygen atoms in total. The highest BCUT2D eigenvalue weighted by molar-refractivity contribution is 7.99. The molecule has 0 fully saturated rings. The van der Waals surface area contributed by atoms with E-state index in [1.165, 1.54) is 12.1 Å². The molecule has 0 bridgehead atoms. The summed E-state index contributed by atoms with van der Waals surface area (Å²) >= 11 is 0.773. The van der Waals surface area contributed by atoms with Gasteiger partial charge in [-0.3, -0.25) is 4.79 Å². The molecule has 0 aromatic heterocycles. The van der Waals surface area contributed by atoms with E-state index in [1.54, 1.807) is 6.07 Å². The van der Waals surface area contributed by atoms with Crippen LogP contribution in [0.2, 0.25) is 0 Å². The van der Waals surface area contributed by atoms with Gasteiger partial charge in [-0.2, -0.15) is 13.2 Å². The minimum absolute atomic E-state index is 0.00132. The first kappa shape index (κ1) is 33.2. The van der Waals surface area contributed by atoms with Gasteiger partial charge in [0.05, 0.1) is 23.5 Å². The SMILES string of the molecule is CCCCC(CC)COC(=O)CCSc1c(-c2ccc(C3=CCC(CCC)CC3)cc2F)ccc(C(F)(F)F)c1F. The molecule has 0 saturated carbocycles. The molecule has 2 aromatic carbocycles. The van der Waals surface area contributed by atoms with Gasteiger partial charge in [0.2, 0.25) is 0 Å². The zero-order chi connectivity index (χ0) is 30.0. The minimum atomic E-state index is -4.91. The summed E-state index contributed by atoms with van der Waals surface area (Å²) in [4.78, 5) is 12.0. The summed E-state index contributed by atoms with van der Waals surface area (Å²) in [7, 11) is 0. The Kier molecular flexibility index (Phi) is 12.7. The number of unbranched alkanes of at least 4 members (excludes halogenated alkanes) is 1. The van der Waals surface area contributed by atoms with E-state index in [2.05, 4.69) is 19.9 Å². The number of thioether (sulfide) groups is 1. The number of hydrogen-bond acceptors (Lipinski definition) is 3. The predicted molar refractivity (Wildman–Crippen MR) is 157 cm³/mol. The maximum absolute atomic E-state index is 15.4. The van der Waals surface area contributed by atoms with Crippen molar-refractivity contribution in [3.63, 3.8) is 0 Å². The smallest absolute Gasteiger partial charge is 0.419 e. The molecule has 2 unspecified atom stereocenters. The van der Waals surface area contributed by atoms with E-state index in [4.69, 9.17) is 4.74 Å². The highest BCUT2D eigenvalue weighted by Gasteiger charge is 2.36. The van der Waals surface area contributed by atoms with Crippen LogP contribution in [0.25, 0.3) is 16.7 Å². The Bertz CT molecular complexity index is 1190. The first-order valence-corrected chi connectivity index (χ1v) is 15.7. The Morgan fingerprint density at radius 1 is 1.07 bits per heavy atom. The summed E-state index contributed by atoms with van der Waals surface area (Å²) in [5.41, 5.74) is 0.418. The van der Waals surface area contributed by atoms with Crippen molar-refractivity contribution in [3.05, 3.63) is 59.2 Å². The molecular formula is C33H41F5O2S. The van der Waals surface area contributed by atoms with Gasteiger partial charge in [-0.05, 0) is 60.8 Å². The van der Waals surface area contributed by atoms with Crippen LogP contribution in [0, 0.1) is 23.5 Å². The first-order valence-electron chi connectivity index (χ1n) is 14.8. The van der Waals surface area contributed by atoms with Gasteiger partial charge >= 0.3 is 12.1 Å². The van der Waals surface area contributed by atoms with Crippen molar-refractivity contribution in [1.82, 2.24) is 0 Å². The van der Waals surface area contributed by atoms with Crippen LogP contribution in [0.4, 0.5) is 22.0 Å². The molecule has 0 radical (unpaired) electrons. The van der Waals surface area contributed by atoms with Gasteiger partial charge in [0, 0.05) is 16.9 Å². The summed E-state index contributed by atoms with van der Waals surface area (Å²) in [6, 6.07) is 6.39. The van der Waals surface area contributed by atoms with Crippen LogP contribution in [0.1, 0.15) is 96.1 Å². The van der Waals surface area contributed by atoms with Crippen LogP contribution in [0.3, 0.4) is 0 Å². The lowest BCUT2D eigenvalue weighted by molar-refractivity contribution is -0.144. The third kappa shape index (κ3) is 9.32. The second kappa shape index (κ2) is 15.8. The van der Waals surface area contributed by atoms with E-state index in [0.717, 1.165) is 86.8 Å². The molecule has 3 rings (SSSR count). The molecule has 0 saturated heterocycles. The van der Waals surface area contributed by atoms with E-state index in [9.17, 15) is 18.0 Å². The van der Waals surface area contributed by atoms with Crippen molar-refractivity contribution >= 4 is 23.3 Å². The fourth-order valence-electron chi connectivity index (χ4n) is 5.30. The van der Waals surface area contributed by atoms with E-state index in [-0.39, 0.29) is 40.7 Å². The quantitative estimate of drug-likeness (QED) is 0.123. The van der Waals surface area contributed by atoms with Gasteiger partial charge in [0.1, 0.15) is 11.6 Å². The number of esters is 1. The maximum atomic E-state index is 15.4. The van der Waals surface area contributed by atoms with Gasteiger partial charge in [0.25, 0.3) is 0 Å². The summed E-state index contributed by atoms with van der Waals surface area (Å²) < 4.78 is 76.6. The number of benzene rings is 2. The molecule has 1 aliphatic carbocycles. The van der Waals surface area contributed by atoms with Gasteiger partial charge < -0.3 is 4.74 Å². The van der Waals surface area contributed by atoms with Crippen LogP contribution in [-0.2, 0) is 15.7 Å². The number of hydrogen-bond donors (Lipinski definition) is 0. The number of allylic oxidation sites excluding steroid dienone is 2. The third-order valence-corrected chi connectivity index (χ3v) is 8.92. The standard InChI is InChI=1S/C33H41F5O2S/c1-4-7-9-22(6-3)21-40-30(39)18-19-41-32-27(16-17-28(31(32)35)33(36,37)38)26-15-14-25(20-29(26)34)24-12-10-23(8-5-2)11-13-24/h12,14-17,20,22-23H,4-11,13,18-19,21H2,1-3H3. The molecule has 1 aliphatic rings. The van der Waals surface area contributed by atoms with Crippen molar-refractivity contribution in [2.45, 2.75) is 96.1 Å². The molecule has 2 atom stereocenters. The van der Waals surface area contributed by atoms with Gasteiger partial charge in [0.15, 0.2) is 0 Å². The molecule has 0 amide bonds. The monoisotopic (exact) mass is 596 g/mol. The number of alkyl halides is 3. The third-order valence-electron chi connectivity index (χ3n) is 7.82. The van der Waals surface area contributed by atoms with Crippen molar-refractivity contribution in [2.75, 3.05) is 12.4 Å². The Labute approximate surface area is 245 Å². The fraction of sp³-hybridized carbons (Fsp3) is 0.545. The summed E-state index contributed by atoms with van der Waals surface area (Å²) in [6.45, 7) is 6.57. The van der Waals surface area contributed by atoms with Crippen molar-refractivity contribution in [3.8, 4) is 11.1 Å². The highest BCUT2D eigenvalue weighted by atomic mass is 32.2. The predicted octanol–water partition coefficient (Wildman–Crippen LogP) is 10.9. The van der Waals surface area contributed by atoms with E-state index < -0.39 is 29.3 Å². The molecule has 8 heteroatoms. The van der Waals surface area contributed by atoms with Crippen LogP contribution in [0.15, 0.2) is 41.3 Å². The van der Waals surface area contributed by atoms with Crippen molar-refractivity contribution in [1.29, 1.82) is 0 Å². The number of carbonyl (C=O) groups is 1. The second-order valence-electron chi connectivity index (χ2n) is 10.9. The molecule has 0 spiro atoms. The van der Waals surface area contributed by atoms with Crippen LogP contribution < -0.4 is 0 Å². The number of carbonyl (C=O) groups excluding carboxylic acids is 1.